The Kier molecular flexibility index (Phi) is 2.52. The lowest BCUT2D eigenvalue weighted by Gasteiger charge is -2.02. The van der Waals surface area contributed by atoms with Crippen LogP contribution in [0.5, 0.6) is 0 Å². The summed E-state index contributed by atoms with van der Waals surface area (Å²) in [6.45, 7) is 0. The number of rotatable bonds is 3. The second-order valence-electron chi connectivity index (χ2n) is 2.92. The average Bonchev–Trinajstić information content (AvgIpc) is 2.67. The SMILES string of the molecule is CN(C)/C=C/C(=O)OC1CC1. The molecular weight excluding hydrogens is 142 g/mol. The molecule has 3 heteroatoms. The van der Waals surface area contributed by atoms with Gasteiger partial charge in [0.05, 0.1) is 0 Å². The maximum atomic E-state index is 10.9. The molecule has 1 saturated carbocycles. The highest BCUT2D eigenvalue weighted by molar-refractivity contribution is 5.82. The van der Waals surface area contributed by atoms with E-state index >= 15 is 0 Å². The van der Waals surface area contributed by atoms with Crippen LogP contribution in [0.3, 0.4) is 0 Å². The highest BCUT2D eigenvalue weighted by atomic mass is 16.5. The number of nitrogens with zero attached hydrogens (tertiary/aromatic N) is 1. The Bertz CT molecular complexity index is 171. The van der Waals surface area contributed by atoms with E-state index in [9.17, 15) is 4.79 Å². The van der Waals surface area contributed by atoms with Crippen LogP contribution >= 0.6 is 0 Å². The zero-order chi connectivity index (χ0) is 8.27. The maximum Gasteiger partial charge on any atom is 0.332 e. The largest absolute Gasteiger partial charge is 0.459 e. The highest BCUT2D eigenvalue weighted by Crippen LogP contribution is 2.23. The standard InChI is InChI=1S/C8H13NO2/c1-9(2)6-5-8(10)11-7-3-4-7/h5-7H,3-4H2,1-2H3/b6-5+. The third kappa shape index (κ3) is 3.65. The first kappa shape index (κ1) is 8.11. The first-order valence-electron chi connectivity index (χ1n) is 3.74. The van der Waals surface area contributed by atoms with E-state index in [4.69, 9.17) is 4.74 Å². The number of esters is 1. The summed E-state index contributed by atoms with van der Waals surface area (Å²) in [6.07, 6.45) is 5.39. The third-order valence-corrected chi connectivity index (χ3v) is 1.32. The molecule has 1 aliphatic carbocycles. The summed E-state index contributed by atoms with van der Waals surface area (Å²) in [5.74, 6) is -0.235. The van der Waals surface area contributed by atoms with Crippen molar-refractivity contribution in [3.05, 3.63) is 12.3 Å². The lowest BCUT2D eigenvalue weighted by Crippen LogP contribution is -2.06. The lowest BCUT2D eigenvalue weighted by molar-refractivity contribution is -0.138. The van der Waals surface area contributed by atoms with Crippen molar-refractivity contribution in [2.24, 2.45) is 0 Å². The molecular formula is C8H13NO2. The number of hydrogen-bond donors (Lipinski definition) is 0. The van der Waals surface area contributed by atoms with E-state index in [0.29, 0.717) is 0 Å². The summed E-state index contributed by atoms with van der Waals surface area (Å²) in [5, 5.41) is 0. The second kappa shape index (κ2) is 3.42. The Hall–Kier alpha value is -0.990. The van der Waals surface area contributed by atoms with Crippen LogP contribution in [0.15, 0.2) is 12.3 Å². The van der Waals surface area contributed by atoms with Crippen LogP contribution in [0.25, 0.3) is 0 Å². The van der Waals surface area contributed by atoms with Crippen molar-refractivity contribution >= 4 is 5.97 Å². The van der Waals surface area contributed by atoms with Crippen molar-refractivity contribution in [2.45, 2.75) is 18.9 Å². The zero-order valence-electron chi connectivity index (χ0n) is 6.91. The predicted molar refractivity (Wildman–Crippen MR) is 41.9 cm³/mol. The molecule has 0 radical (unpaired) electrons. The van der Waals surface area contributed by atoms with Crippen molar-refractivity contribution in [3.8, 4) is 0 Å². The van der Waals surface area contributed by atoms with Gasteiger partial charge in [-0.05, 0) is 12.8 Å². The summed E-state index contributed by atoms with van der Waals surface area (Å²) < 4.78 is 4.96. The smallest absolute Gasteiger partial charge is 0.332 e. The zero-order valence-corrected chi connectivity index (χ0v) is 6.91. The van der Waals surface area contributed by atoms with Crippen molar-refractivity contribution in [1.29, 1.82) is 0 Å². The minimum Gasteiger partial charge on any atom is -0.459 e. The molecule has 0 aliphatic heterocycles. The molecule has 0 heterocycles. The Morgan fingerprint density at radius 3 is 2.64 bits per heavy atom. The predicted octanol–water partition coefficient (Wildman–Crippen LogP) is 0.767. The van der Waals surface area contributed by atoms with Gasteiger partial charge in [0.25, 0.3) is 0 Å². The van der Waals surface area contributed by atoms with E-state index < -0.39 is 0 Å². The van der Waals surface area contributed by atoms with E-state index in [0.717, 1.165) is 12.8 Å². The molecule has 0 spiro atoms. The number of ether oxygens (including phenoxy) is 1. The number of carbonyl (C=O) groups excluding carboxylic acids is 1. The molecule has 3 nitrogen and oxygen atoms in total. The van der Waals surface area contributed by atoms with Crippen LogP contribution in [-0.2, 0) is 9.53 Å². The molecule has 0 amide bonds. The average molecular weight is 155 g/mol. The van der Waals surface area contributed by atoms with Crippen molar-refractivity contribution < 1.29 is 9.53 Å². The fourth-order valence-corrected chi connectivity index (χ4v) is 0.599. The van der Waals surface area contributed by atoms with Gasteiger partial charge in [0.2, 0.25) is 0 Å². The molecule has 0 aromatic rings. The van der Waals surface area contributed by atoms with Crippen LogP contribution in [0.1, 0.15) is 12.8 Å². The minimum atomic E-state index is -0.235. The van der Waals surface area contributed by atoms with E-state index in [2.05, 4.69) is 0 Å². The van der Waals surface area contributed by atoms with Gasteiger partial charge in [-0.1, -0.05) is 0 Å². The molecule has 0 N–H and O–H groups in total. The summed E-state index contributed by atoms with van der Waals surface area (Å²) in [6, 6.07) is 0. The quantitative estimate of drug-likeness (QED) is 0.445. The van der Waals surface area contributed by atoms with Gasteiger partial charge >= 0.3 is 5.97 Å². The lowest BCUT2D eigenvalue weighted by atomic mass is 10.6. The molecule has 1 rings (SSSR count). The second-order valence-corrected chi connectivity index (χ2v) is 2.92. The fourth-order valence-electron chi connectivity index (χ4n) is 0.599. The van der Waals surface area contributed by atoms with Crippen LogP contribution in [0, 0.1) is 0 Å². The van der Waals surface area contributed by atoms with Crippen molar-refractivity contribution in [1.82, 2.24) is 4.90 Å². The summed E-state index contributed by atoms with van der Waals surface area (Å²) in [4.78, 5) is 12.7. The molecule has 0 saturated heterocycles. The number of carbonyl (C=O) groups is 1. The summed E-state index contributed by atoms with van der Waals surface area (Å²) in [7, 11) is 3.72. The van der Waals surface area contributed by atoms with Gasteiger partial charge in [0, 0.05) is 26.4 Å². The first-order chi connectivity index (χ1) is 5.18. The topological polar surface area (TPSA) is 29.5 Å². The Morgan fingerprint density at radius 2 is 2.18 bits per heavy atom. The van der Waals surface area contributed by atoms with Crippen LogP contribution < -0.4 is 0 Å². The molecule has 0 atom stereocenters. The molecule has 62 valence electrons. The van der Waals surface area contributed by atoms with Gasteiger partial charge in [0.1, 0.15) is 6.10 Å². The monoisotopic (exact) mass is 155 g/mol. The Balaban J connectivity index is 2.18. The van der Waals surface area contributed by atoms with Gasteiger partial charge in [-0.15, -0.1) is 0 Å². The molecule has 0 aromatic heterocycles. The molecule has 0 unspecified atom stereocenters. The normalized spacial score (nSPS) is 16.9. The third-order valence-electron chi connectivity index (χ3n) is 1.32. The highest BCUT2D eigenvalue weighted by Gasteiger charge is 2.24. The van der Waals surface area contributed by atoms with Gasteiger partial charge in [-0.25, -0.2) is 4.79 Å². The van der Waals surface area contributed by atoms with Crippen molar-refractivity contribution in [2.75, 3.05) is 14.1 Å². The Labute approximate surface area is 66.6 Å². The molecule has 0 bridgehead atoms. The van der Waals surface area contributed by atoms with Gasteiger partial charge in [-0.3, -0.25) is 0 Å². The number of hydrogen-bond acceptors (Lipinski definition) is 3. The first-order valence-corrected chi connectivity index (χ1v) is 3.74. The fraction of sp³-hybridized carbons (Fsp3) is 0.625. The Morgan fingerprint density at radius 1 is 1.55 bits per heavy atom. The van der Waals surface area contributed by atoms with Gasteiger partial charge in [0.15, 0.2) is 0 Å². The summed E-state index contributed by atoms with van der Waals surface area (Å²) in [5.41, 5.74) is 0. The van der Waals surface area contributed by atoms with Gasteiger partial charge < -0.3 is 9.64 Å². The molecule has 1 aliphatic rings. The molecule has 11 heavy (non-hydrogen) atoms. The maximum absolute atomic E-state index is 10.9. The van der Waals surface area contributed by atoms with E-state index in [1.807, 2.05) is 14.1 Å². The minimum absolute atomic E-state index is 0.203. The summed E-state index contributed by atoms with van der Waals surface area (Å²) >= 11 is 0. The van der Waals surface area contributed by atoms with Crippen LogP contribution in [0.2, 0.25) is 0 Å². The van der Waals surface area contributed by atoms with Crippen LogP contribution in [-0.4, -0.2) is 31.1 Å². The van der Waals surface area contributed by atoms with E-state index in [1.165, 1.54) is 6.08 Å². The van der Waals surface area contributed by atoms with E-state index in [1.54, 1.807) is 11.1 Å². The van der Waals surface area contributed by atoms with E-state index in [-0.39, 0.29) is 12.1 Å². The van der Waals surface area contributed by atoms with Gasteiger partial charge in [-0.2, -0.15) is 0 Å². The van der Waals surface area contributed by atoms with Crippen LogP contribution in [0.4, 0.5) is 0 Å². The molecule has 0 aromatic carbocycles. The van der Waals surface area contributed by atoms with Crippen molar-refractivity contribution in [3.63, 3.8) is 0 Å². The molecule has 1 fully saturated rings.